The molecule has 0 aromatic heterocycles. The maximum Gasteiger partial charge on any atom is 0.217 e. The molecule has 0 saturated heterocycles. The van der Waals surface area contributed by atoms with E-state index >= 15 is 0 Å². The van der Waals surface area contributed by atoms with Gasteiger partial charge in [0.15, 0.2) is 0 Å². The molecule has 16 heavy (non-hydrogen) atoms. The molecule has 1 aliphatic rings. The molecular formula is C13H28N2O. The van der Waals surface area contributed by atoms with Crippen LogP contribution in [0.2, 0.25) is 0 Å². The van der Waals surface area contributed by atoms with Gasteiger partial charge in [0.2, 0.25) is 5.91 Å². The first-order valence-corrected chi connectivity index (χ1v) is 6.49. The summed E-state index contributed by atoms with van der Waals surface area (Å²) < 4.78 is 0. The predicted molar refractivity (Wildman–Crippen MR) is 69.5 cm³/mol. The fourth-order valence-corrected chi connectivity index (χ4v) is 2.29. The van der Waals surface area contributed by atoms with Crippen molar-refractivity contribution in [1.29, 1.82) is 0 Å². The van der Waals surface area contributed by atoms with Gasteiger partial charge in [-0.05, 0) is 45.7 Å². The van der Waals surface area contributed by atoms with Gasteiger partial charge in [0.05, 0.1) is 0 Å². The minimum Gasteiger partial charge on any atom is -0.354 e. The Morgan fingerprint density at radius 2 is 1.69 bits per heavy atom. The molecule has 0 atom stereocenters. The van der Waals surface area contributed by atoms with Gasteiger partial charge in [-0.15, -0.1) is 0 Å². The summed E-state index contributed by atoms with van der Waals surface area (Å²) in [6.45, 7) is 6.79. The van der Waals surface area contributed by atoms with Crippen molar-refractivity contribution in [3.63, 3.8) is 0 Å². The molecule has 96 valence electrons. The number of nitrogens with zero attached hydrogens (tertiary/aromatic N) is 1. The maximum atomic E-state index is 10.9. The van der Waals surface area contributed by atoms with Crippen LogP contribution in [0.5, 0.6) is 0 Å². The number of carbonyl (C=O) groups is 1. The van der Waals surface area contributed by atoms with Crippen LogP contribution in [0.3, 0.4) is 0 Å². The summed E-state index contributed by atoms with van der Waals surface area (Å²) >= 11 is 0. The average molecular weight is 228 g/mol. The lowest BCUT2D eigenvalue weighted by Gasteiger charge is -2.30. The number of hydrogen-bond acceptors (Lipinski definition) is 2. The Balaban J connectivity index is 0.00000106. The number of rotatable bonds is 3. The molecule has 3 nitrogen and oxygen atoms in total. The van der Waals surface area contributed by atoms with Gasteiger partial charge in [-0.3, -0.25) is 4.79 Å². The Morgan fingerprint density at radius 3 is 2.06 bits per heavy atom. The average Bonchev–Trinajstić information content (AvgIpc) is 2.22. The van der Waals surface area contributed by atoms with Crippen molar-refractivity contribution in [2.45, 2.75) is 52.5 Å². The lowest BCUT2D eigenvalue weighted by molar-refractivity contribution is -0.119. The third kappa shape index (κ3) is 6.83. The number of nitrogens with one attached hydrogen (secondary N) is 1. The summed E-state index contributed by atoms with van der Waals surface area (Å²) in [6.07, 6.45) is 4.81. The second-order valence-corrected chi connectivity index (χ2v) is 4.68. The highest BCUT2D eigenvalue weighted by Gasteiger charge is 2.21. The Hall–Kier alpha value is -0.570. The summed E-state index contributed by atoms with van der Waals surface area (Å²) in [4.78, 5) is 13.1. The fourth-order valence-electron chi connectivity index (χ4n) is 2.29. The fraction of sp³-hybridized carbons (Fsp3) is 0.923. The molecule has 0 aromatic rings. The van der Waals surface area contributed by atoms with Crippen LogP contribution in [0.4, 0.5) is 0 Å². The van der Waals surface area contributed by atoms with Crippen LogP contribution in [0.1, 0.15) is 46.5 Å². The highest BCUT2D eigenvalue weighted by molar-refractivity contribution is 5.73. The van der Waals surface area contributed by atoms with Crippen LogP contribution in [0.15, 0.2) is 0 Å². The lowest BCUT2D eigenvalue weighted by Crippen LogP contribution is -2.37. The highest BCUT2D eigenvalue weighted by Crippen LogP contribution is 2.24. The molecule has 0 aliphatic heterocycles. The number of amides is 1. The molecule has 0 aromatic carbocycles. The van der Waals surface area contributed by atoms with Crippen molar-refractivity contribution >= 4 is 5.91 Å². The Kier molecular flexibility index (Phi) is 8.26. The first kappa shape index (κ1) is 15.4. The van der Waals surface area contributed by atoms with E-state index in [-0.39, 0.29) is 5.91 Å². The Morgan fingerprint density at radius 1 is 1.19 bits per heavy atom. The molecule has 0 bridgehead atoms. The largest absolute Gasteiger partial charge is 0.354 e. The molecule has 1 N–H and O–H groups in total. The van der Waals surface area contributed by atoms with Crippen molar-refractivity contribution in [3.05, 3.63) is 0 Å². The van der Waals surface area contributed by atoms with Crippen LogP contribution in [0.25, 0.3) is 0 Å². The molecule has 0 heterocycles. The van der Waals surface area contributed by atoms with Gasteiger partial charge in [-0.1, -0.05) is 13.8 Å². The molecule has 3 heteroatoms. The van der Waals surface area contributed by atoms with Gasteiger partial charge in [-0.25, -0.2) is 0 Å². The zero-order chi connectivity index (χ0) is 12.6. The van der Waals surface area contributed by atoms with Crippen molar-refractivity contribution in [2.24, 2.45) is 5.92 Å². The van der Waals surface area contributed by atoms with Gasteiger partial charge in [-0.2, -0.15) is 0 Å². The number of hydrogen-bond donors (Lipinski definition) is 1. The quantitative estimate of drug-likeness (QED) is 0.803. The smallest absolute Gasteiger partial charge is 0.217 e. The van der Waals surface area contributed by atoms with Crippen LogP contribution in [-0.2, 0) is 4.79 Å². The van der Waals surface area contributed by atoms with Crippen molar-refractivity contribution < 1.29 is 4.79 Å². The molecule has 1 amide bonds. The Labute approximate surface area is 101 Å². The van der Waals surface area contributed by atoms with Gasteiger partial charge in [0.1, 0.15) is 0 Å². The molecule has 0 spiro atoms. The van der Waals surface area contributed by atoms with Gasteiger partial charge < -0.3 is 10.2 Å². The van der Waals surface area contributed by atoms with Crippen LogP contribution < -0.4 is 5.32 Å². The summed E-state index contributed by atoms with van der Waals surface area (Å²) in [7, 11) is 4.25. The highest BCUT2D eigenvalue weighted by atomic mass is 16.1. The van der Waals surface area contributed by atoms with Gasteiger partial charge >= 0.3 is 0 Å². The van der Waals surface area contributed by atoms with E-state index < -0.39 is 0 Å². The van der Waals surface area contributed by atoms with E-state index in [4.69, 9.17) is 0 Å². The third-order valence-electron chi connectivity index (χ3n) is 2.88. The second-order valence-electron chi connectivity index (χ2n) is 4.68. The summed E-state index contributed by atoms with van der Waals surface area (Å²) in [5, 5.41) is 3.00. The molecule has 0 radical (unpaired) electrons. The molecule has 1 aliphatic carbocycles. The number of carbonyl (C=O) groups excluding carboxylic acids is 1. The zero-order valence-electron chi connectivity index (χ0n) is 11.5. The van der Waals surface area contributed by atoms with E-state index in [0.29, 0.717) is 6.04 Å². The minimum atomic E-state index is 0.112. The normalized spacial score (nSPS) is 24.6. The van der Waals surface area contributed by atoms with Crippen molar-refractivity contribution in [3.8, 4) is 0 Å². The first-order valence-electron chi connectivity index (χ1n) is 6.49. The monoisotopic (exact) mass is 228 g/mol. The summed E-state index contributed by atoms with van der Waals surface area (Å²) in [5.74, 6) is 0.941. The van der Waals surface area contributed by atoms with E-state index in [0.717, 1.165) is 18.8 Å². The second kappa shape index (κ2) is 8.57. The molecule has 1 saturated carbocycles. The third-order valence-corrected chi connectivity index (χ3v) is 2.88. The van der Waals surface area contributed by atoms with Gasteiger partial charge in [0, 0.05) is 19.5 Å². The van der Waals surface area contributed by atoms with Crippen LogP contribution in [-0.4, -0.2) is 37.5 Å². The minimum absolute atomic E-state index is 0.112. The molecule has 0 unspecified atom stereocenters. The summed E-state index contributed by atoms with van der Waals surface area (Å²) in [6, 6.07) is 0.436. The standard InChI is InChI=1S/C11H22N2O.C2H6/c1-9(14)12-11-6-4-10(5-7-11)8-13(2)3;1-2/h10-11H,4-8H2,1-3H3,(H,12,14);1-2H3. The maximum absolute atomic E-state index is 10.9. The van der Waals surface area contributed by atoms with E-state index in [1.807, 2.05) is 13.8 Å². The first-order chi connectivity index (χ1) is 7.58. The zero-order valence-corrected chi connectivity index (χ0v) is 11.5. The van der Waals surface area contributed by atoms with E-state index in [1.165, 1.54) is 19.4 Å². The molecule has 1 fully saturated rings. The topological polar surface area (TPSA) is 32.3 Å². The van der Waals surface area contributed by atoms with Crippen molar-refractivity contribution in [2.75, 3.05) is 20.6 Å². The van der Waals surface area contributed by atoms with E-state index in [9.17, 15) is 4.79 Å². The van der Waals surface area contributed by atoms with Crippen LogP contribution in [0, 0.1) is 5.92 Å². The molecule has 1 rings (SSSR count). The summed E-state index contributed by atoms with van der Waals surface area (Å²) in [5.41, 5.74) is 0. The van der Waals surface area contributed by atoms with Crippen molar-refractivity contribution in [1.82, 2.24) is 10.2 Å². The van der Waals surface area contributed by atoms with E-state index in [1.54, 1.807) is 6.92 Å². The molecular weight excluding hydrogens is 200 g/mol. The van der Waals surface area contributed by atoms with Gasteiger partial charge in [0.25, 0.3) is 0 Å². The lowest BCUT2D eigenvalue weighted by atomic mass is 9.86. The Bertz CT molecular complexity index is 184. The SMILES string of the molecule is CC.CC(=O)NC1CCC(CN(C)C)CC1. The predicted octanol–water partition coefficient (Wildman–Crippen LogP) is 2.27. The van der Waals surface area contributed by atoms with Crippen LogP contribution >= 0.6 is 0 Å². The van der Waals surface area contributed by atoms with E-state index in [2.05, 4.69) is 24.3 Å².